The van der Waals surface area contributed by atoms with Crippen molar-refractivity contribution >= 4 is 35.8 Å². The number of carboxylic acid groups (broad SMARTS) is 1. The maximum absolute atomic E-state index is 14.2. The fourth-order valence-corrected chi connectivity index (χ4v) is 5.49. The third-order valence-corrected chi connectivity index (χ3v) is 8.22. The zero-order valence-electron chi connectivity index (χ0n) is 29.4. The maximum atomic E-state index is 14.2. The Morgan fingerprint density at radius 2 is 1.07 bits per heavy atom. The van der Waals surface area contributed by atoms with E-state index in [0.717, 1.165) is 24.3 Å². The molecule has 0 aliphatic carbocycles. The normalized spacial score (nSPS) is 10.5. The van der Waals surface area contributed by atoms with Crippen molar-refractivity contribution in [1.29, 1.82) is 0 Å². The number of aromatic carboxylic acids is 1. The second kappa shape index (κ2) is 17.9. The smallest absolute Gasteiger partial charge is 0.346 e. The van der Waals surface area contributed by atoms with E-state index in [2.05, 4.69) is 0 Å². The molecule has 5 aromatic carbocycles. The summed E-state index contributed by atoms with van der Waals surface area (Å²) in [7, 11) is 2.27. The minimum Gasteiger partial charge on any atom is -0.478 e. The molecule has 1 amide bonds. The molecule has 12 heteroatoms. The summed E-state index contributed by atoms with van der Waals surface area (Å²) in [4.78, 5) is 78.5. The number of benzene rings is 5. The third-order valence-electron chi connectivity index (χ3n) is 8.22. The number of amides is 1. The van der Waals surface area contributed by atoms with Crippen LogP contribution in [0, 0.1) is 0 Å². The van der Waals surface area contributed by atoms with Gasteiger partial charge in [0.1, 0.15) is 11.5 Å². The van der Waals surface area contributed by atoms with E-state index in [1.54, 1.807) is 17.0 Å². The highest BCUT2D eigenvalue weighted by Crippen LogP contribution is 2.24. The first kappa shape index (κ1) is 38.2. The van der Waals surface area contributed by atoms with Crippen LogP contribution in [0.2, 0.25) is 0 Å². The summed E-state index contributed by atoms with van der Waals surface area (Å²) in [5, 5.41) is 9.33. The number of methoxy groups -OCH3 is 2. The van der Waals surface area contributed by atoms with Crippen molar-refractivity contribution < 1.29 is 52.8 Å². The van der Waals surface area contributed by atoms with E-state index in [0.29, 0.717) is 11.5 Å². The van der Waals surface area contributed by atoms with Crippen LogP contribution < -0.4 is 4.74 Å². The lowest BCUT2D eigenvalue weighted by Crippen LogP contribution is -2.30. The van der Waals surface area contributed by atoms with Crippen LogP contribution >= 0.6 is 0 Å². The van der Waals surface area contributed by atoms with E-state index in [1.165, 1.54) is 37.4 Å². The number of carbonyl (C=O) groups excluding carboxylic acids is 5. The molecule has 0 atom stereocenters. The highest BCUT2D eigenvalue weighted by atomic mass is 16.6. The Kier molecular flexibility index (Phi) is 12.7. The molecule has 0 spiro atoms. The van der Waals surface area contributed by atoms with E-state index in [1.807, 2.05) is 72.8 Å². The van der Waals surface area contributed by atoms with Gasteiger partial charge < -0.3 is 29.0 Å². The quantitative estimate of drug-likeness (QED) is 0.0760. The lowest BCUT2D eigenvalue weighted by molar-refractivity contribution is -0.140. The Morgan fingerprint density at radius 1 is 0.556 bits per heavy atom. The Morgan fingerprint density at radius 3 is 1.67 bits per heavy atom. The first-order valence-corrected chi connectivity index (χ1v) is 16.6. The largest absolute Gasteiger partial charge is 0.478 e. The Balaban J connectivity index is 1.41. The monoisotopic (exact) mass is 729 g/mol. The molecule has 12 nitrogen and oxygen atoms in total. The lowest BCUT2D eigenvalue weighted by Gasteiger charge is -2.24. The molecule has 0 bridgehead atoms. The van der Waals surface area contributed by atoms with Crippen LogP contribution in [-0.2, 0) is 49.7 Å². The van der Waals surface area contributed by atoms with Gasteiger partial charge in [-0.15, -0.1) is 0 Å². The molecule has 0 saturated carbocycles. The summed E-state index contributed by atoms with van der Waals surface area (Å²) < 4.78 is 20.6. The average molecular weight is 730 g/mol. The summed E-state index contributed by atoms with van der Waals surface area (Å²) in [5.41, 5.74) is 1.29. The molecule has 1 N–H and O–H groups in total. The second-order valence-electron chi connectivity index (χ2n) is 11.9. The highest BCUT2D eigenvalue weighted by Gasteiger charge is 2.25. The van der Waals surface area contributed by atoms with Crippen molar-refractivity contribution in [3.8, 4) is 11.5 Å². The number of esters is 4. The van der Waals surface area contributed by atoms with E-state index in [4.69, 9.17) is 18.9 Å². The van der Waals surface area contributed by atoms with Crippen molar-refractivity contribution in [3.05, 3.63) is 166 Å². The summed E-state index contributed by atoms with van der Waals surface area (Å²) in [5.74, 6) is -4.27. The summed E-state index contributed by atoms with van der Waals surface area (Å²) in [6, 6.07) is 33.6. The number of hydrogen-bond donors (Lipinski definition) is 1. The van der Waals surface area contributed by atoms with E-state index >= 15 is 0 Å². The molecule has 274 valence electrons. The number of para-hydroxylation sites is 1. The molecule has 0 aromatic heterocycles. The first-order chi connectivity index (χ1) is 26.0. The number of carboxylic acids is 1. The van der Waals surface area contributed by atoms with Gasteiger partial charge in [0.15, 0.2) is 0 Å². The molecule has 0 aliphatic rings. The molecule has 54 heavy (non-hydrogen) atoms. The molecule has 0 unspecified atom stereocenters. The first-order valence-electron chi connectivity index (χ1n) is 16.6. The topological polar surface area (TPSA) is 163 Å². The molecule has 0 saturated heterocycles. The van der Waals surface area contributed by atoms with Gasteiger partial charge >= 0.3 is 29.8 Å². The standard InChI is InChI=1S/C42H35NO11/c1-51-37(44)23-29-15-17-31(21-36(29)42(50)54-38(45)24-30-16-18-32(40(47)48)22-35(30)41(49)52-2)39(46)43(25-27-9-5-3-6-10-27)26-28-13-19-34(20-14-28)53-33-11-7-4-8-12-33/h3-22H,23-26H2,1-2H3,(H,47,48). The third kappa shape index (κ3) is 10.0. The zero-order chi connectivity index (χ0) is 38.6. The summed E-state index contributed by atoms with van der Waals surface area (Å²) in [6.45, 7) is 0.401. The minimum absolute atomic E-state index is 0.0552. The van der Waals surface area contributed by atoms with Gasteiger partial charge in [0, 0.05) is 18.7 Å². The van der Waals surface area contributed by atoms with Crippen LogP contribution in [0.25, 0.3) is 0 Å². The van der Waals surface area contributed by atoms with Crippen LogP contribution in [0.1, 0.15) is 63.7 Å². The van der Waals surface area contributed by atoms with Crippen molar-refractivity contribution in [2.45, 2.75) is 25.9 Å². The Hall–Kier alpha value is -7.08. The van der Waals surface area contributed by atoms with Gasteiger partial charge in [-0.25, -0.2) is 14.4 Å². The predicted octanol–water partition coefficient (Wildman–Crippen LogP) is 6.45. The molecule has 0 aliphatic heterocycles. The van der Waals surface area contributed by atoms with Gasteiger partial charge in [-0.1, -0.05) is 72.8 Å². The van der Waals surface area contributed by atoms with Gasteiger partial charge in [-0.05, 0) is 70.8 Å². The molecular weight excluding hydrogens is 694 g/mol. The van der Waals surface area contributed by atoms with E-state index in [9.17, 15) is 33.9 Å². The van der Waals surface area contributed by atoms with Gasteiger partial charge in [0.25, 0.3) is 5.91 Å². The van der Waals surface area contributed by atoms with Crippen molar-refractivity contribution in [1.82, 2.24) is 4.90 Å². The van der Waals surface area contributed by atoms with Gasteiger partial charge in [0.2, 0.25) is 0 Å². The number of ether oxygens (including phenoxy) is 4. The number of hydrogen-bond acceptors (Lipinski definition) is 10. The second-order valence-corrected chi connectivity index (χ2v) is 11.9. The van der Waals surface area contributed by atoms with Crippen molar-refractivity contribution in [2.24, 2.45) is 0 Å². The van der Waals surface area contributed by atoms with Crippen molar-refractivity contribution in [2.75, 3.05) is 14.2 Å². The number of carbonyl (C=O) groups is 6. The van der Waals surface area contributed by atoms with Gasteiger partial charge in [-0.2, -0.15) is 0 Å². The van der Waals surface area contributed by atoms with Gasteiger partial charge in [-0.3, -0.25) is 14.4 Å². The molecule has 0 fully saturated rings. The van der Waals surface area contributed by atoms with Gasteiger partial charge in [0.05, 0.1) is 43.8 Å². The number of nitrogens with zero attached hydrogens (tertiary/aromatic N) is 1. The molecule has 5 rings (SSSR count). The Bertz CT molecular complexity index is 2160. The molecule has 5 aromatic rings. The zero-order valence-corrected chi connectivity index (χ0v) is 29.4. The highest BCUT2D eigenvalue weighted by molar-refractivity contribution is 6.03. The average Bonchev–Trinajstić information content (AvgIpc) is 3.18. The van der Waals surface area contributed by atoms with Crippen LogP contribution in [0.4, 0.5) is 0 Å². The van der Waals surface area contributed by atoms with Crippen LogP contribution in [0.15, 0.2) is 121 Å². The summed E-state index contributed by atoms with van der Waals surface area (Å²) in [6.07, 6.45) is -0.959. The molecule has 0 radical (unpaired) electrons. The van der Waals surface area contributed by atoms with Crippen LogP contribution in [0.3, 0.4) is 0 Å². The molecular formula is C42H35NO11. The van der Waals surface area contributed by atoms with Crippen LogP contribution in [-0.4, -0.2) is 60.0 Å². The van der Waals surface area contributed by atoms with Crippen LogP contribution in [0.5, 0.6) is 11.5 Å². The Labute approximate surface area is 310 Å². The minimum atomic E-state index is -1.30. The predicted molar refractivity (Wildman–Crippen MR) is 194 cm³/mol. The lowest BCUT2D eigenvalue weighted by atomic mass is 10.00. The van der Waals surface area contributed by atoms with E-state index in [-0.39, 0.29) is 52.9 Å². The van der Waals surface area contributed by atoms with Crippen molar-refractivity contribution in [3.63, 3.8) is 0 Å². The maximum Gasteiger partial charge on any atom is 0.346 e. The number of rotatable bonds is 14. The fourth-order valence-electron chi connectivity index (χ4n) is 5.49. The fraction of sp³-hybridized carbons (Fsp3) is 0.143. The SMILES string of the molecule is COC(=O)Cc1ccc(C(=O)N(Cc2ccccc2)Cc2ccc(Oc3ccccc3)cc2)cc1C(=O)OC(=O)Cc1ccc(C(=O)O)cc1C(=O)OC. The molecule has 0 heterocycles. The van der Waals surface area contributed by atoms with E-state index < -0.39 is 42.2 Å². The summed E-state index contributed by atoms with van der Waals surface area (Å²) >= 11 is 0.